The quantitative estimate of drug-likeness (QED) is 0.824. The van der Waals surface area contributed by atoms with Crippen molar-refractivity contribution in [3.63, 3.8) is 0 Å². The maximum atomic E-state index is 9.82. The van der Waals surface area contributed by atoms with Crippen molar-refractivity contribution in [2.45, 2.75) is 26.8 Å². The van der Waals surface area contributed by atoms with E-state index in [0.29, 0.717) is 24.0 Å². The zero-order valence-corrected chi connectivity index (χ0v) is 10.3. The highest BCUT2D eigenvalue weighted by atomic mass is 16.7. The Morgan fingerprint density at radius 3 is 2.76 bits per heavy atom. The van der Waals surface area contributed by atoms with Gasteiger partial charge in [-0.05, 0) is 18.5 Å². The van der Waals surface area contributed by atoms with Crippen molar-refractivity contribution in [2.75, 3.05) is 13.3 Å². The number of phenolic OH excluding ortho intramolecular Hbond substituents is 1. The molecule has 0 bridgehead atoms. The van der Waals surface area contributed by atoms with E-state index in [2.05, 4.69) is 19.2 Å². The largest absolute Gasteiger partial charge is 0.507 e. The SMILES string of the molecule is CCC(C)CNCc1cc2c(cc1O)OCO2. The normalized spacial score (nSPS) is 14.9. The third-order valence-electron chi connectivity index (χ3n) is 3.08. The molecule has 0 radical (unpaired) electrons. The van der Waals surface area contributed by atoms with E-state index in [0.717, 1.165) is 18.5 Å². The number of aromatic hydroxyl groups is 1. The van der Waals surface area contributed by atoms with Gasteiger partial charge >= 0.3 is 0 Å². The van der Waals surface area contributed by atoms with Crippen LogP contribution in [-0.2, 0) is 6.54 Å². The molecule has 2 rings (SSSR count). The van der Waals surface area contributed by atoms with E-state index >= 15 is 0 Å². The summed E-state index contributed by atoms with van der Waals surface area (Å²) in [6, 6.07) is 3.45. The van der Waals surface area contributed by atoms with Crippen LogP contribution in [0.3, 0.4) is 0 Å². The van der Waals surface area contributed by atoms with Gasteiger partial charge in [-0.3, -0.25) is 0 Å². The van der Waals surface area contributed by atoms with Crippen LogP contribution in [-0.4, -0.2) is 18.4 Å². The molecule has 0 amide bonds. The fraction of sp³-hybridized carbons (Fsp3) is 0.538. The van der Waals surface area contributed by atoms with Crippen molar-refractivity contribution in [3.05, 3.63) is 17.7 Å². The summed E-state index contributed by atoms with van der Waals surface area (Å²) < 4.78 is 10.5. The van der Waals surface area contributed by atoms with Gasteiger partial charge in [0.1, 0.15) is 5.75 Å². The average Bonchev–Trinajstić information content (AvgIpc) is 2.76. The van der Waals surface area contributed by atoms with Crippen LogP contribution in [0.1, 0.15) is 25.8 Å². The minimum atomic E-state index is 0.235. The summed E-state index contributed by atoms with van der Waals surface area (Å²) in [6.45, 7) is 6.20. The second kappa shape index (κ2) is 5.27. The minimum Gasteiger partial charge on any atom is -0.507 e. The molecular formula is C13H19NO3. The highest BCUT2D eigenvalue weighted by molar-refractivity contribution is 5.51. The molecule has 1 aliphatic heterocycles. The maximum absolute atomic E-state index is 9.82. The van der Waals surface area contributed by atoms with E-state index in [9.17, 15) is 5.11 Å². The standard InChI is InChI=1S/C13H19NO3/c1-3-9(2)6-14-7-10-4-12-13(5-11(10)15)17-8-16-12/h4-5,9,14-15H,3,6-8H2,1-2H3. The molecule has 1 atom stereocenters. The Balaban J connectivity index is 1.97. The topological polar surface area (TPSA) is 50.7 Å². The fourth-order valence-electron chi connectivity index (χ4n) is 1.71. The summed E-state index contributed by atoms with van der Waals surface area (Å²) in [6.07, 6.45) is 1.15. The highest BCUT2D eigenvalue weighted by Gasteiger charge is 2.16. The molecule has 0 aliphatic carbocycles. The summed E-state index contributed by atoms with van der Waals surface area (Å²) in [5.41, 5.74) is 0.845. The van der Waals surface area contributed by atoms with E-state index in [1.807, 2.05) is 6.07 Å². The lowest BCUT2D eigenvalue weighted by atomic mass is 10.1. The molecule has 1 aliphatic rings. The first kappa shape index (κ1) is 12.0. The monoisotopic (exact) mass is 237 g/mol. The van der Waals surface area contributed by atoms with Gasteiger partial charge in [0.15, 0.2) is 11.5 Å². The summed E-state index contributed by atoms with van der Waals surface area (Å²) in [5.74, 6) is 2.23. The van der Waals surface area contributed by atoms with Crippen LogP contribution in [0.2, 0.25) is 0 Å². The lowest BCUT2D eigenvalue weighted by Crippen LogP contribution is -2.20. The van der Waals surface area contributed by atoms with Gasteiger partial charge in [-0.15, -0.1) is 0 Å². The molecule has 0 aromatic heterocycles. The number of rotatable bonds is 5. The molecule has 2 N–H and O–H groups in total. The molecule has 0 spiro atoms. The molecule has 1 aromatic rings. The zero-order valence-electron chi connectivity index (χ0n) is 10.3. The van der Waals surface area contributed by atoms with Gasteiger partial charge in [0.05, 0.1) is 0 Å². The molecule has 1 unspecified atom stereocenters. The lowest BCUT2D eigenvalue weighted by Gasteiger charge is -2.11. The number of ether oxygens (including phenoxy) is 2. The lowest BCUT2D eigenvalue weighted by molar-refractivity contribution is 0.174. The van der Waals surface area contributed by atoms with Crippen LogP contribution in [0.15, 0.2) is 12.1 Å². The van der Waals surface area contributed by atoms with Gasteiger partial charge in [-0.2, -0.15) is 0 Å². The van der Waals surface area contributed by atoms with E-state index in [-0.39, 0.29) is 12.5 Å². The predicted octanol–water partition coefficient (Wildman–Crippen LogP) is 2.26. The maximum Gasteiger partial charge on any atom is 0.231 e. The van der Waals surface area contributed by atoms with Gasteiger partial charge in [0, 0.05) is 18.2 Å². The van der Waals surface area contributed by atoms with Crippen LogP contribution in [0.25, 0.3) is 0 Å². The molecule has 0 saturated heterocycles. The molecule has 94 valence electrons. The number of nitrogens with one attached hydrogen (secondary N) is 1. The average molecular weight is 237 g/mol. The third-order valence-corrected chi connectivity index (χ3v) is 3.08. The van der Waals surface area contributed by atoms with E-state index in [1.54, 1.807) is 6.07 Å². The Morgan fingerprint density at radius 1 is 1.35 bits per heavy atom. The minimum absolute atomic E-state index is 0.235. The molecule has 4 heteroatoms. The van der Waals surface area contributed by atoms with Gasteiger partial charge < -0.3 is 19.9 Å². The van der Waals surface area contributed by atoms with Crippen LogP contribution in [0, 0.1) is 5.92 Å². The molecular weight excluding hydrogens is 218 g/mol. The van der Waals surface area contributed by atoms with Crippen molar-refractivity contribution in [1.29, 1.82) is 0 Å². The van der Waals surface area contributed by atoms with Crippen LogP contribution in [0.5, 0.6) is 17.2 Å². The van der Waals surface area contributed by atoms with Crippen molar-refractivity contribution < 1.29 is 14.6 Å². The second-order valence-corrected chi connectivity index (χ2v) is 4.48. The first-order chi connectivity index (χ1) is 8.20. The molecule has 1 aromatic carbocycles. The molecule has 4 nitrogen and oxygen atoms in total. The first-order valence-corrected chi connectivity index (χ1v) is 6.03. The number of fused-ring (bicyclic) bond motifs is 1. The van der Waals surface area contributed by atoms with Crippen molar-refractivity contribution in [2.24, 2.45) is 5.92 Å². The van der Waals surface area contributed by atoms with Gasteiger partial charge in [0.25, 0.3) is 0 Å². The first-order valence-electron chi connectivity index (χ1n) is 6.03. The molecule has 0 fully saturated rings. The van der Waals surface area contributed by atoms with E-state index in [4.69, 9.17) is 9.47 Å². The summed E-state index contributed by atoms with van der Waals surface area (Å²) in [5, 5.41) is 13.1. The second-order valence-electron chi connectivity index (χ2n) is 4.48. The van der Waals surface area contributed by atoms with Crippen molar-refractivity contribution in [3.8, 4) is 17.2 Å². The number of phenols is 1. The zero-order chi connectivity index (χ0) is 12.3. The van der Waals surface area contributed by atoms with Gasteiger partial charge in [-0.1, -0.05) is 20.3 Å². The Hall–Kier alpha value is -1.42. The molecule has 0 saturated carbocycles. The number of hydrogen-bond acceptors (Lipinski definition) is 4. The van der Waals surface area contributed by atoms with Crippen molar-refractivity contribution in [1.82, 2.24) is 5.32 Å². The number of hydrogen-bond donors (Lipinski definition) is 2. The Labute approximate surface area is 102 Å². The van der Waals surface area contributed by atoms with Gasteiger partial charge in [-0.25, -0.2) is 0 Å². The number of benzene rings is 1. The van der Waals surface area contributed by atoms with Crippen LogP contribution < -0.4 is 14.8 Å². The summed E-state index contributed by atoms with van der Waals surface area (Å²) in [4.78, 5) is 0. The Kier molecular flexibility index (Phi) is 3.74. The molecule has 1 heterocycles. The highest BCUT2D eigenvalue weighted by Crippen LogP contribution is 2.37. The van der Waals surface area contributed by atoms with E-state index < -0.39 is 0 Å². The third kappa shape index (κ3) is 2.82. The van der Waals surface area contributed by atoms with Crippen LogP contribution in [0.4, 0.5) is 0 Å². The predicted molar refractivity (Wildman–Crippen MR) is 65.4 cm³/mol. The van der Waals surface area contributed by atoms with Gasteiger partial charge in [0.2, 0.25) is 6.79 Å². The summed E-state index contributed by atoms with van der Waals surface area (Å²) in [7, 11) is 0. The van der Waals surface area contributed by atoms with Crippen molar-refractivity contribution >= 4 is 0 Å². The Bertz CT molecular complexity index is 392. The fourth-order valence-corrected chi connectivity index (χ4v) is 1.71. The summed E-state index contributed by atoms with van der Waals surface area (Å²) >= 11 is 0. The Morgan fingerprint density at radius 2 is 2.06 bits per heavy atom. The van der Waals surface area contributed by atoms with E-state index in [1.165, 1.54) is 0 Å². The molecule has 17 heavy (non-hydrogen) atoms. The smallest absolute Gasteiger partial charge is 0.231 e. The van der Waals surface area contributed by atoms with Crippen LogP contribution >= 0.6 is 0 Å².